The monoisotopic (exact) mass is 268 g/mol. The number of nitriles is 1. The van der Waals surface area contributed by atoms with Crippen molar-refractivity contribution in [3.8, 4) is 17.6 Å². The first-order chi connectivity index (χ1) is 8.97. The van der Waals surface area contributed by atoms with Gasteiger partial charge in [0.25, 0.3) is 5.91 Å². The van der Waals surface area contributed by atoms with Crippen LogP contribution in [0, 0.1) is 11.3 Å². The molecular formula is C12H10F2N2O3. The van der Waals surface area contributed by atoms with E-state index in [1.54, 1.807) is 6.07 Å². The minimum atomic E-state index is -3.03. The van der Waals surface area contributed by atoms with Gasteiger partial charge in [-0.25, -0.2) is 0 Å². The van der Waals surface area contributed by atoms with Gasteiger partial charge in [0, 0.05) is 5.56 Å². The van der Waals surface area contributed by atoms with E-state index in [1.165, 1.54) is 25.3 Å². The first kappa shape index (κ1) is 14.4. The second-order valence-corrected chi connectivity index (χ2v) is 3.32. The molecule has 2 N–H and O–H groups in total. The van der Waals surface area contributed by atoms with Gasteiger partial charge in [-0.15, -0.1) is 0 Å². The lowest BCUT2D eigenvalue weighted by Gasteiger charge is -2.09. The van der Waals surface area contributed by atoms with Crippen molar-refractivity contribution in [2.45, 2.75) is 6.61 Å². The first-order valence-corrected chi connectivity index (χ1v) is 5.02. The topological polar surface area (TPSA) is 85.3 Å². The number of methoxy groups -OCH3 is 1. The summed E-state index contributed by atoms with van der Waals surface area (Å²) >= 11 is 0. The highest BCUT2D eigenvalue weighted by Crippen LogP contribution is 2.27. The summed E-state index contributed by atoms with van der Waals surface area (Å²) in [7, 11) is 1.38. The van der Waals surface area contributed by atoms with E-state index in [-0.39, 0.29) is 16.9 Å². The Morgan fingerprint density at radius 3 is 2.68 bits per heavy atom. The summed E-state index contributed by atoms with van der Waals surface area (Å²) < 4.78 is 33.7. The summed E-state index contributed by atoms with van der Waals surface area (Å²) in [5.41, 5.74) is 4.68. The average molecular weight is 268 g/mol. The van der Waals surface area contributed by atoms with Crippen molar-refractivity contribution in [3.63, 3.8) is 0 Å². The van der Waals surface area contributed by atoms with Gasteiger partial charge in [0.1, 0.15) is 23.1 Å². The molecule has 0 unspecified atom stereocenters. The van der Waals surface area contributed by atoms with E-state index in [0.717, 1.165) is 6.08 Å². The van der Waals surface area contributed by atoms with Crippen LogP contribution >= 0.6 is 0 Å². The van der Waals surface area contributed by atoms with Crippen LogP contribution in [-0.4, -0.2) is 19.6 Å². The lowest BCUT2D eigenvalue weighted by atomic mass is 10.1. The molecule has 19 heavy (non-hydrogen) atoms. The maximum absolute atomic E-state index is 12.2. The van der Waals surface area contributed by atoms with E-state index >= 15 is 0 Å². The van der Waals surface area contributed by atoms with E-state index in [1.807, 2.05) is 0 Å². The molecule has 1 amide bonds. The molecule has 0 spiro atoms. The highest BCUT2D eigenvalue weighted by molar-refractivity contribution is 6.00. The van der Waals surface area contributed by atoms with E-state index in [9.17, 15) is 13.6 Å². The van der Waals surface area contributed by atoms with Crippen LogP contribution < -0.4 is 15.2 Å². The summed E-state index contributed by atoms with van der Waals surface area (Å²) in [4.78, 5) is 10.9. The van der Waals surface area contributed by atoms with Crippen LogP contribution in [0.1, 0.15) is 5.56 Å². The molecular weight excluding hydrogens is 258 g/mol. The molecule has 0 aromatic heterocycles. The Balaban J connectivity index is 3.29. The van der Waals surface area contributed by atoms with Crippen molar-refractivity contribution >= 4 is 12.0 Å². The number of ether oxygens (including phenoxy) is 2. The second-order valence-electron chi connectivity index (χ2n) is 3.32. The van der Waals surface area contributed by atoms with Crippen molar-refractivity contribution in [2.24, 2.45) is 5.73 Å². The molecule has 1 aromatic rings. The maximum Gasteiger partial charge on any atom is 0.387 e. The Morgan fingerprint density at radius 1 is 1.53 bits per heavy atom. The molecule has 0 saturated carbocycles. The summed E-state index contributed by atoms with van der Waals surface area (Å²) in [6.45, 7) is -3.03. The third-order valence-electron chi connectivity index (χ3n) is 2.12. The number of carbonyl (C=O) groups excluding carboxylic acids is 1. The van der Waals surface area contributed by atoms with E-state index in [0.29, 0.717) is 5.75 Å². The van der Waals surface area contributed by atoms with Gasteiger partial charge in [0.15, 0.2) is 0 Å². The van der Waals surface area contributed by atoms with Gasteiger partial charge in [-0.2, -0.15) is 14.0 Å². The van der Waals surface area contributed by atoms with Crippen LogP contribution in [0.15, 0.2) is 23.8 Å². The van der Waals surface area contributed by atoms with Crippen molar-refractivity contribution in [1.29, 1.82) is 5.26 Å². The van der Waals surface area contributed by atoms with E-state index in [2.05, 4.69) is 4.74 Å². The molecule has 0 saturated heterocycles. The zero-order valence-electron chi connectivity index (χ0n) is 9.89. The van der Waals surface area contributed by atoms with Crippen molar-refractivity contribution in [3.05, 3.63) is 29.3 Å². The predicted octanol–water partition coefficient (Wildman–Crippen LogP) is 1.69. The Morgan fingerprint density at radius 2 is 2.21 bits per heavy atom. The average Bonchev–Trinajstić information content (AvgIpc) is 2.36. The molecule has 0 heterocycles. The van der Waals surface area contributed by atoms with Gasteiger partial charge in [0.05, 0.1) is 7.11 Å². The molecule has 0 aliphatic heterocycles. The quantitative estimate of drug-likeness (QED) is 0.650. The number of hydrogen-bond donors (Lipinski definition) is 1. The third kappa shape index (κ3) is 3.96. The summed E-state index contributed by atoms with van der Waals surface area (Å²) in [5, 5.41) is 8.72. The fourth-order valence-electron chi connectivity index (χ4n) is 1.28. The highest BCUT2D eigenvalue weighted by atomic mass is 19.3. The molecule has 1 aromatic carbocycles. The van der Waals surface area contributed by atoms with Crippen LogP contribution in [0.5, 0.6) is 11.5 Å². The number of primary amides is 1. The number of carbonyl (C=O) groups is 1. The molecule has 1 rings (SSSR count). The minimum Gasteiger partial charge on any atom is -0.497 e. The van der Waals surface area contributed by atoms with Gasteiger partial charge in [-0.3, -0.25) is 4.79 Å². The molecule has 100 valence electrons. The number of hydrogen-bond acceptors (Lipinski definition) is 4. The Bertz CT molecular complexity index is 550. The normalized spacial score (nSPS) is 11.0. The van der Waals surface area contributed by atoms with Crippen LogP contribution in [0.25, 0.3) is 6.08 Å². The van der Waals surface area contributed by atoms with Crippen LogP contribution in [-0.2, 0) is 4.79 Å². The number of halogens is 2. The van der Waals surface area contributed by atoms with Gasteiger partial charge in [-0.05, 0) is 24.3 Å². The molecule has 0 aliphatic carbocycles. The largest absolute Gasteiger partial charge is 0.497 e. The molecule has 0 atom stereocenters. The van der Waals surface area contributed by atoms with E-state index < -0.39 is 12.5 Å². The predicted molar refractivity (Wildman–Crippen MR) is 62.4 cm³/mol. The van der Waals surface area contributed by atoms with Crippen molar-refractivity contribution < 1.29 is 23.0 Å². The number of nitrogens with zero attached hydrogens (tertiary/aromatic N) is 1. The number of rotatable bonds is 5. The lowest BCUT2D eigenvalue weighted by molar-refractivity contribution is -0.114. The molecule has 0 radical (unpaired) electrons. The zero-order valence-corrected chi connectivity index (χ0v) is 9.89. The van der Waals surface area contributed by atoms with Crippen LogP contribution in [0.2, 0.25) is 0 Å². The number of alkyl halides is 2. The summed E-state index contributed by atoms with van der Waals surface area (Å²) in [6, 6.07) is 5.57. The van der Waals surface area contributed by atoms with Crippen molar-refractivity contribution in [1.82, 2.24) is 0 Å². The standard InChI is InChI=1S/C12H10F2N2O3/c1-18-9-2-3-10(19-12(13)14)7(5-9)4-8(6-15)11(16)17/h2-5,12H,1H3,(H2,16,17)/b8-4+. The van der Waals surface area contributed by atoms with Gasteiger partial charge < -0.3 is 15.2 Å². The van der Waals surface area contributed by atoms with E-state index in [4.69, 9.17) is 15.7 Å². The van der Waals surface area contributed by atoms with Gasteiger partial charge in [-0.1, -0.05) is 0 Å². The molecule has 7 heteroatoms. The highest BCUT2D eigenvalue weighted by Gasteiger charge is 2.12. The third-order valence-corrected chi connectivity index (χ3v) is 2.12. The van der Waals surface area contributed by atoms with Crippen molar-refractivity contribution in [2.75, 3.05) is 7.11 Å². The fourth-order valence-corrected chi connectivity index (χ4v) is 1.28. The van der Waals surface area contributed by atoms with Gasteiger partial charge in [0.2, 0.25) is 0 Å². The molecule has 0 bridgehead atoms. The fraction of sp³-hybridized carbons (Fsp3) is 0.167. The summed E-state index contributed by atoms with van der Waals surface area (Å²) in [6.07, 6.45) is 1.06. The zero-order chi connectivity index (χ0) is 14.4. The molecule has 0 aliphatic rings. The second kappa shape index (κ2) is 6.35. The summed E-state index contributed by atoms with van der Waals surface area (Å²) in [5.74, 6) is -0.798. The van der Waals surface area contributed by atoms with Crippen LogP contribution in [0.4, 0.5) is 8.78 Å². The molecule has 0 fully saturated rings. The van der Waals surface area contributed by atoms with Gasteiger partial charge >= 0.3 is 6.61 Å². The first-order valence-electron chi connectivity index (χ1n) is 5.02. The lowest BCUT2D eigenvalue weighted by Crippen LogP contribution is -2.12. The Kier molecular flexibility index (Phi) is 4.83. The number of benzene rings is 1. The minimum absolute atomic E-state index is 0.0926. The molecule has 5 nitrogen and oxygen atoms in total. The number of nitrogens with two attached hydrogens (primary N) is 1. The Labute approximate surface area is 107 Å². The number of amides is 1. The smallest absolute Gasteiger partial charge is 0.387 e. The van der Waals surface area contributed by atoms with Crippen LogP contribution in [0.3, 0.4) is 0 Å². The SMILES string of the molecule is COc1ccc(OC(F)F)c(/C=C(\C#N)C(N)=O)c1. The maximum atomic E-state index is 12.2. The Hall–Kier alpha value is -2.62.